The molecular weight excluding hydrogens is 278 g/mol. The molecule has 21 heavy (non-hydrogen) atoms. The summed E-state index contributed by atoms with van der Waals surface area (Å²) in [7, 11) is 0. The average molecular weight is 310 g/mol. The molecule has 0 saturated carbocycles. The molecule has 0 unspecified atom stereocenters. The fraction of sp³-hybridized carbons (Fsp3) is 0.824. The van der Waals surface area contributed by atoms with Crippen LogP contribution in [0.4, 0.5) is 5.13 Å². The highest BCUT2D eigenvalue weighted by molar-refractivity contribution is 7.15. The van der Waals surface area contributed by atoms with E-state index in [4.69, 9.17) is 4.98 Å². The van der Waals surface area contributed by atoms with Gasteiger partial charge in [-0.05, 0) is 31.7 Å². The molecule has 0 aromatic carbocycles. The van der Waals surface area contributed by atoms with Crippen LogP contribution in [0.1, 0.15) is 75.8 Å². The number of hydrogen-bond donors (Lipinski definition) is 1. The van der Waals surface area contributed by atoms with Crippen LogP contribution in [0.15, 0.2) is 0 Å². The van der Waals surface area contributed by atoms with Crippen LogP contribution in [0.25, 0.3) is 0 Å². The summed E-state index contributed by atoms with van der Waals surface area (Å²) < 4.78 is 0. The molecule has 0 amide bonds. The molecule has 2 rings (SSSR count). The van der Waals surface area contributed by atoms with Crippen LogP contribution >= 0.6 is 11.3 Å². The molecule has 0 bridgehead atoms. The summed E-state index contributed by atoms with van der Waals surface area (Å²) in [5, 5.41) is 4.84. The van der Waals surface area contributed by atoms with Crippen LogP contribution in [0.3, 0.4) is 0 Å². The molecule has 1 aromatic rings. The second-order valence-electron chi connectivity index (χ2n) is 6.39. The van der Waals surface area contributed by atoms with Gasteiger partial charge in [0, 0.05) is 24.5 Å². The molecule has 1 aliphatic heterocycles. The topological polar surface area (TPSA) is 28.2 Å². The number of unbranched alkanes of at least 4 members (excludes halogenated alkanes) is 1. The van der Waals surface area contributed by atoms with E-state index in [1.54, 1.807) is 0 Å². The molecule has 0 radical (unpaired) electrons. The predicted molar refractivity (Wildman–Crippen MR) is 93.5 cm³/mol. The van der Waals surface area contributed by atoms with Gasteiger partial charge in [-0.2, -0.15) is 0 Å². The first-order chi connectivity index (χ1) is 10.2. The largest absolute Gasteiger partial charge is 0.348 e. The van der Waals surface area contributed by atoms with Gasteiger partial charge in [0.15, 0.2) is 5.13 Å². The highest BCUT2D eigenvalue weighted by Crippen LogP contribution is 2.31. The second-order valence-corrected chi connectivity index (χ2v) is 7.45. The maximum Gasteiger partial charge on any atom is 0.185 e. The maximum absolute atomic E-state index is 4.98. The van der Waals surface area contributed by atoms with Gasteiger partial charge < -0.3 is 10.2 Å². The lowest BCUT2D eigenvalue weighted by Gasteiger charge is -2.18. The monoisotopic (exact) mass is 309 g/mol. The third kappa shape index (κ3) is 4.96. The molecule has 0 spiro atoms. The van der Waals surface area contributed by atoms with Gasteiger partial charge >= 0.3 is 0 Å². The van der Waals surface area contributed by atoms with Crippen molar-refractivity contribution in [2.24, 2.45) is 0 Å². The third-order valence-corrected chi connectivity index (χ3v) is 5.26. The van der Waals surface area contributed by atoms with E-state index >= 15 is 0 Å². The van der Waals surface area contributed by atoms with Crippen molar-refractivity contribution < 1.29 is 0 Å². The number of anilines is 1. The molecule has 0 atom stereocenters. The molecule has 120 valence electrons. The Hall–Kier alpha value is -0.610. The minimum atomic E-state index is 0.518. The summed E-state index contributed by atoms with van der Waals surface area (Å²) in [6.45, 7) is 11.2. The highest BCUT2D eigenvalue weighted by Gasteiger charge is 2.18. The minimum absolute atomic E-state index is 0.518. The van der Waals surface area contributed by atoms with Gasteiger partial charge in [0.25, 0.3) is 0 Å². The molecule has 1 N–H and O–H groups in total. The first-order valence-electron chi connectivity index (χ1n) is 8.67. The van der Waals surface area contributed by atoms with Crippen LogP contribution in [0, 0.1) is 0 Å². The Morgan fingerprint density at radius 2 is 1.90 bits per heavy atom. The van der Waals surface area contributed by atoms with Crippen molar-refractivity contribution in [3.63, 3.8) is 0 Å². The summed E-state index contributed by atoms with van der Waals surface area (Å²) in [6.07, 6.45) is 7.91. The number of thiazole rings is 1. The molecule has 1 aromatic heterocycles. The van der Waals surface area contributed by atoms with Gasteiger partial charge in [0.1, 0.15) is 0 Å². The fourth-order valence-electron chi connectivity index (χ4n) is 2.83. The van der Waals surface area contributed by atoms with E-state index in [1.165, 1.54) is 67.3 Å². The van der Waals surface area contributed by atoms with Crippen molar-refractivity contribution >= 4 is 16.5 Å². The van der Waals surface area contributed by atoms with Crippen LogP contribution in [-0.4, -0.2) is 24.6 Å². The molecule has 2 heterocycles. The molecule has 1 saturated heterocycles. The zero-order valence-electron chi connectivity index (χ0n) is 14.0. The lowest BCUT2D eigenvalue weighted by Crippen LogP contribution is -2.23. The SMILES string of the molecule is CCCCNCc1sc(N2CCCCCC2)nc1C(C)C. The lowest BCUT2D eigenvalue weighted by atomic mass is 10.1. The van der Waals surface area contributed by atoms with Crippen molar-refractivity contribution in [1.82, 2.24) is 10.3 Å². The van der Waals surface area contributed by atoms with E-state index in [9.17, 15) is 0 Å². The molecule has 4 heteroatoms. The van der Waals surface area contributed by atoms with E-state index in [1.807, 2.05) is 11.3 Å². The van der Waals surface area contributed by atoms with Gasteiger partial charge in [-0.1, -0.05) is 40.0 Å². The summed E-state index contributed by atoms with van der Waals surface area (Å²) >= 11 is 1.91. The Morgan fingerprint density at radius 3 is 2.52 bits per heavy atom. The summed E-state index contributed by atoms with van der Waals surface area (Å²) in [5.41, 5.74) is 1.31. The molecule has 1 fully saturated rings. The first kappa shape index (κ1) is 16.8. The Morgan fingerprint density at radius 1 is 1.19 bits per heavy atom. The van der Waals surface area contributed by atoms with E-state index in [-0.39, 0.29) is 0 Å². The average Bonchev–Trinajstić information content (AvgIpc) is 2.70. The van der Waals surface area contributed by atoms with Crippen molar-refractivity contribution in [2.45, 2.75) is 71.8 Å². The maximum atomic E-state index is 4.98. The number of nitrogens with zero attached hydrogens (tertiary/aromatic N) is 2. The Bertz CT molecular complexity index is 406. The molecule has 0 aliphatic carbocycles. The van der Waals surface area contributed by atoms with E-state index in [2.05, 4.69) is 31.0 Å². The summed E-state index contributed by atoms with van der Waals surface area (Å²) in [5.74, 6) is 0.518. The van der Waals surface area contributed by atoms with Crippen molar-refractivity contribution in [1.29, 1.82) is 0 Å². The third-order valence-electron chi connectivity index (χ3n) is 4.13. The molecular formula is C17H31N3S. The van der Waals surface area contributed by atoms with Crippen LogP contribution in [0.2, 0.25) is 0 Å². The minimum Gasteiger partial charge on any atom is -0.348 e. The summed E-state index contributed by atoms with van der Waals surface area (Å²) in [6, 6.07) is 0. The van der Waals surface area contributed by atoms with Crippen LogP contribution in [0.5, 0.6) is 0 Å². The number of hydrogen-bond acceptors (Lipinski definition) is 4. The van der Waals surface area contributed by atoms with Crippen molar-refractivity contribution in [3.8, 4) is 0 Å². The summed E-state index contributed by atoms with van der Waals surface area (Å²) in [4.78, 5) is 8.94. The van der Waals surface area contributed by atoms with Crippen LogP contribution in [-0.2, 0) is 6.54 Å². The number of rotatable bonds is 7. The van der Waals surface area contributed by atoms with Gasteiger partial charge in [-0.15, -0.1) is 11.3 Å². The zero-order valence-corrected chi connectivity index (χ0v) is 14.8. The highest BCUT2D eigenvalue weighted by atomic mass is 32.1. The Kier molecular flexibility index (Phi) is 6.97. The smallest absolute Gasteiger partial charge is 0.185 e. The van der Waals surface area contributed by atoms with Gasteiger partial charge in [0.05, 0.1) is 5.69 Å². The Balaban J connectivity index is 2.04. The normalized spacial score (nSPS) is 16.5. The Labute approximate surface area is 134 Å². The number of nitrogens with one attached hydrogen (secondary N) is 1. The quantitative estimate of drug-likeness (QED) is 0.750. The van der Waals surface area contributed by atoms with E-state index < -0.39 is 0 Å². The predicted octanol–water partition coefficient (Wildman–Crippen LogP) is 4.54. The van der Waals surface area contributed by atoms with Gasteiger partial charge in [-0.25, -0.2) is 4.98 Å². The second kappa shape index (κ2) is 8.74. The van der Waals surface area contributed by atoms with E-state index in [0.29, 0.717) is 5.92 Å². The first-order valence-corrected chi connectivity index (χ1v) is 9.49. The lowest BCUT2D eigenvalue weighted by molar-refractivity contribution is 0.639. The number of aromatic nitrogens is 1. The van der Waals surface area contributed by atoms with Crippen LogP contribution < -0.4 is 10.2 Å². The fourth-order valence-corrected chi connectivity index (χ4v) is 4.07. The molecule has 3 nitrogen and oxygen atoms in total. The van der Waals surface area contributed by atoms with Gasteiger partial charge in [-0.3, -0.25) is 0 Å². The van der Waals surface area contributed by atoms with Gasteiger partial charge in [0.2, 0.25) is 0 Å². The standard InChI is InChI=1S/C17H31N3S/c1-4-5-10-18-13-15-16(14(2)3)19-17(21-15)20-11-8-6-7-9-12-20/h14,18H,4-13H2,1-3H3. The zero-order chi connectivity index (χ0) is 15.1. The van der Waals surface area contributed by atoms with E-state index in [0.717, 1.165) is 13.1 Å². The van der Waals surface area contributed by atoms with Crippen molar-refractivity contribution in [2.75, 3.05) is 24.5 Å². The van der Waals surface area contributed by atoms with Crippen molar-refractivity contribution in [3.05, 3.63) is 10.6 Å². The molecule has 1 aliphatic rings.